The topological polar surface area (TPSA) is 70.7 Å². The molecule has 1 fully saturated rings. The van der Waals surface area contributed by atoms with E-state index in [-0.39, 0.29) is 29.9 Å². The number of anilines is 1. The summed E-state index contributed by atoms with van der Waals surface area (Å²) in [6, 6.07) is 7.83. The normalized spacial score (nSPS) is 15.1. The second-order valence-electron chi connectivity index (χ2n) is 4.97. The summed E-state index contributed by atoms with van der Waals surface area (Å²) in [5.41, 5.74) is 8.02. The maximum absolute atomic E-state index is 10.9. The van der Waals surface area contributed by atoms with Crippen molar-refractivity contribution in [3.63, 3.8) is 0 Å². The predicted octanol–water partition coefficient (Wildman–Crippen LogP) is 2.17. The largest absolute Gasteiger partial charge is 0.370 e. The van der Waals surface area contributed by atoms with Gasteiger partial charge in [-0.05, 0) is 24.1 Å². The lowest BCUT2D eigenvalue weighted by Crippen LogP contribution is -2.42. The predicted molar refractivity (Wildman–Crippen MR) is 105 cm³/mol. The van der Waals surface area contributed by atoms with Gasteiger partial charge >= 0.3 is 0 Å². The highest BCUT2D eigenvalue weighted by Crippen LogP contribution is 2.11. The fourth-order valence-corrected chi connectivity index (χ4v) is 3.05. The molecule has 0 spiro atoms. The van der Waals surface area contributed by atoms with Crippen molar-refractivity contribution in [2.75, 3.05) is 36.5 Å². The van der Waals surface area contributed by atoms with Gasteiger partial charge in [0.15, 0.2) is 5.96 Å². The second-order valence-corrected chi connectivity index (χ2v) is 6.19. The summed E-state index contributed by atoms with van der Waals surface area (Å²) < 4.78 is 0. The summed E-state index contributed by atoms with van der Waals surface area (Å²) in [7, 11) is 0. The molecule has 0 radical (unpaired) electrons. The number of benzene rings is 1. The van der Waals surface area contributed by atoms with Crippen molar-refractivity contribution in [2.24, 2.45) is 10.7 Å². The van der Waals surface area contributed by atoms with E-state index in [2.05, 4.69) is 15.2 Å². The molecular weight excluding hydrogens is 411 g/mol. The molecule has 1 heterocycles. The lowest BCUT2D eigenvalue weighted by Gasteiger charge is -2.27. The Kier molecular flexibility index (Phi) is 8.62. The number of nitrogens with one attached hydrogen (secondary N) is 1. The number of halogens is 1. The number of thioether (sulfide) groups is 1. The van der Waals surface area contributed by atoms with Gasteiger partial charge in [0, 0.05) is 43.8 Å². The van der Waals surface area contributed by atoms with E-state index in [9.17, 15) is 4.79 Å². The van der Waals surface area contributed by atoms with Crippen LogP contribution in [0.5, 0.6) is 0 Å². The molecule has 0 unspecified atom stereocenters. The van der Waals surface area contributed by atoms with Crippen molar-refractivity contribution in [3.05, 3.63) is 29.8 Å². The average Bonchev–Trinajstić information content (AvgIpc) is 2.49. The molecule has 1 aromatic carbocycles. The monoisotopic (exact) mass is 434 g/mol. The molecule has 1 aromatic rings. The van der Waals surface area contributed by atoms with Gasteiger partial charge in [-0.1, -0.05) is 12.1 Å². The van der Waals surface area contributed by atoms with Crippen LogP contribution in [0.2, 0.25) is 0 Å². The van der Waals surface area contributed by atoms with E-state index in [0.717, 1.165) is 36.7 Å². The zero-order valence-corrected chi connectivity index (χ0v) is 15.9. The number of hydrogen-bond donors (Lipinski definition) is 2. The minimum atomic E-state index is -0.0557. The molecule has 0 bridgehead atoms. The highest BCUT2D eigenvalue weighted by atomic mass is 127. The molecule has 7 heteroatoms. The molecule has 0 atom stereocenters. The highest BCUT2D eigenvalue weighted by Gasteiger charge is 2.11. The van der Waals surface area contributed by atoms with Gasteiger partial charge < -0.3 is 16.0 Å². The van der Waals surface area contributed by atoms with Crippen LogP contribution in [0.25, 0.3) is 0 Å². The Hall–Kier alpha value is -0.960. The van der Waals surface area contributed by atoms with Crippen LogP contribution in [0.3, 0.4) is 0 Å². The minimum Gasteiger partial charge on any atom is -0.370 e. The lowest BCUT2D eigenvalue weighted by atomic mass is 10.1. The smallest absolute Gasteiger partial charge is 0.221 e. The van der Waals surface area contributed by atoms with Gasteiger partial charge in [-0.25, -0.2) is 0 Å². The van der Waals surface area contributed by atoms with Crippen LogP contribution in [0.15, 0.2) is 29.3 Å². The third-order valence-corrected chi connectivity index (χ3v) is 4.23. The molecule has 1 amide bonds. The number of nitrogens with two attached hydrogens (primary N) is 1. The van der Waals surface area contributed by atoms with Crippen molar-refractivity contribution in [3.8, 4) is 0 Å². The molecule has 0 saturated carbocycles. The van der Waals surface area contributed by atoms with Crippen LogP contribution in [0, 0.1) is 0 Å². The van der Waals surface area contributed by atoms with Crippen LogP contribution in [0.1, 0.15) is 12.5 Å². The summed E-state index contributed by atoms with van der Waals surface area (Å²) in [6.07, 6.45) is 0.851. The molecule has 1 aliphatic rings. The van der Waals surface area contributed by atoms with Crippen LogP contribution in [-0.4, -0.2) is 47.9 Å². The number of hydrogen-bond acceptors (Lipinski definition) is 3. The Labute approximate surface area is 153 Å². The SMILES string of the molecule is CC(=O)Nc1ccc(CCN=C(N)N2CCSCC2)cc1.I. The minimum absolute atomic E-state index is 0. The summed E-state index contributed by atoms with van der Waals surface area (Å²) >= 11 is 1.96. The van der Waals surface area contributed by atoms with Gasteiger partial charge in [0.1, 0.15) is 0 Å². The Balaban J connectivity index is 0.00000242. The van der Waals surface area contributed by atoms with Crippen LogP contribution in [0.4, 0.5) is 5.69 Å². The highest BCUT2D eigenvalue weighted by molar-refractivity contribution is 14.0. The first-order chi connectivity index (χ1) is 10.1. The van der Waals surface area contributed by atoms with Crippen molar-refractivity contribution in [1.29, 1.82) is 0 Å². The number of aliphatic imine (C=N–C) groups is 1. The Bertz CT molecular complexity index is 501. The Morgan fingerprint density at radius 3 is 2.55 bits per heavy atom. The maximum atomic E-state index is 10.9. The first-order valence-electron chi connectivity index (χ1n) is 7.14. The number of rotatable bonds is 4. The van der Waals surface area contributed by atoms with E-state index < -0.39 is 0 Å². The molecule has 1 aliphatic heterocycles. The van der Waals surface area contributed by atoms with Crippen LogP contribution in [-0.2, 0) is 11.2 Å². The Morgan fingerprint density at radius 1 is 1.32 bits per heavy atom. The van der Waals surface area contributed by atoms with E-state index in [0.29, 0.717) is 12.5 Å². The van der Waals surface area contributed by atoms with E-state index >= 15 is 0 Å². The van der Waals surface area contributed by atoms with E-state index in [4.69, 9.17) is 5.73 Å². The number of carbonyl (C=O) groups is 1. The Morgan fingerprint density at radius 2 is 1.95 bits per heavy atom. The number of amides is 1. The standard InChI is InChI=1S/C15H22N4OS.HI/c1-12(20)18-14-4-2-13(3-5-14)6-7-17-15(16)19-8-10-21-11-9-19;/h2-5H,6-11H2,1H3,(H2,16,17)(H,18,20);1H. The third kappa shape index (κ3) is 6.43. The fraction of sp³-hybridized carbons (Fsp3) is 0.467. The van der Waals surface area contributed by atoms with E-state index in [1.807, 2.05) is 36.0 Å². The lowest BCUT2D eigenvalue weighted by molar-refractivity contribution is -0.114. The van der Waals surface area contributed by atoms with Gasteiger partial charge in [0.2, 0.25) is 5.91 Å². The van der Waals surface area contributed by atoms with Gasteiger partial charge in [-0.3, -0.25) is 9.79 Å². The molecule has 0 aliphatic carbocycles. The van der Waals surface area contributed by atoms with Gasteiger partial charge in [-0.2, -0.15) is 11.8 Å². The van der Waals surface area contributed by atoms with Crippen LogP contribution >= 0.6 is 35.7 Å². The zero-order valence-electron chi connectivity index (χ0n) is 12.7. The molecule has 0 aromatic heterocycles. The zero-order chi connectivity index (χ0) is 15.1. The summed E-state index contributed by atoms with van der Waals surface area (Å²) in [5.74, 6) is 2.85. The molecule has 2 rings (SSSR count). The first-order valence-corrected chi connectivity index (χ1v) is 8.30. The molecular formula is C15H23IN4OS. The molecule has 122 valence electrons. The second kappa shape index (κ2) is 9.94. The van der Waals surface area contributed by atoms with Gasteiger partial charge in [0.25, 0.3) is 0 Å². The first kappa shape index (κ1) is 19.1. The quantitative estimate of drug-likeness (QED) is 0.433. The van der Waals surface area contributed by atoms with E-state index in [1.54, 1.807) is 0 Å². The number of nitrogens with zero attached hydrogens (tertiary/aromatic N) is 2. The van der Waals surface area contributed by atoms with Gasteiger partial charge in [0.05, 0.1) is 0 Å². The maximum Gasteiger partial charge on any atom is 0.221 e. The van der Waals surface area contributed by atoms with Crippen molar-refractivity contribution in [2.45, 2.75) is 13.3 Å². The molecule has 1 saturated heterocycles. The average molecular weight is 434 g/mol. The number of guanidine groups is 1. The third-order valence-electron chi connectivity index (χ3n) is 3.28. The summed E-state index contributed by atoms with van der Waals surface area (Å²) in [5, 5.41) is 2.75. The summed E-state index contributed by atoms with van der Waals surface area (Å²) in [4.78, 5) is 17.6. The summed E-state index contributed by atoms with van der Waals surface area (Å²) in [6.45, 7) is 4.18. The van der Waals surface area contributed by atoms with Gasteiger partial charge in [-0.15, -0.1) is 24.0 Å². The van der Waals surface area contributed by atoms with Crippen molar-refractivity contribution < 1.29 is 4.79 Å². The molecule has 5 nitrogen and oxygen atoms in total. The van der Waals surface area contributed by atoms with E-state index in [1.165, 1.54) is 12.5 Å². The molecule has 22 heavy (non-hydrogen) atoms. The number of carbonyl (C=O) groups excluding carboxylic acids is 1. The van der Waals surface area contributed by atoms with Crippen molar-refractivity contribution >= 4 is 53.3 Å². The molecule has 3 N–H and O–H groups in total. The van der Waals surface area contributed by atoms with Crippen molar-refractivity contribution in [1.82, 2.24) is 4.90 Å². The van der Waals surface area contributed by atoms with Crippen LogP contribution < -0.4 is 11.1 Å². The fourth-order valence-electron chi connectivity index (χ4n) is 2.15.